The van der Waals surface area contributed by atoms with Crippen LogP contribution in [0, 0.1) is 0 Å². The van der Waals surface area contributed by atoms with Crippen LogP contribution in [0.3, 0.4) is 0 Å². The Morgan fingerprint density at radius 1 is 0.645 bits per heavy atom. The first-order valence-corrected chi connectivity index (χ1v) is 9.72. The smallest absolute Gasteiger partial charge is 0.187 e. The van der Waals surface area contributed by atoms with Gasteiger partial charge in [0.05, 0.1) is 39.1 Å². The number of rotatable bonds is 8. The Kier molecular flexibility index (Phi) is 12.7. The average molecular weight is 462 g/mol. The maximum atomic E-state index is 9.92. The molecule has 2 aliphatic rings. The van der Waals surface area contributed by atoms with Gasteiger partial charge in [0.15, 0.2) is 12.6 Å². The SMILES string of the molecule is CC(COC1O[C@H](CO)[C@@H](O)[C@H](O)[C@H]1O)OC1O[C@H](CO)[C@@H](O)[C@H](O)[C@H]1O.OCCO. The average Bonchev–Trinajstić information content (AvgIpc) is 2.77. The lowest BCUT2D eigenvalue weighted by molar-refractivity contribution is -0.326. The maximum Gasteiger partial charge on any atom is 0.187 e. The van der Waals surface area contributed by atoms with Crippen LogP contribution in [0.1, 0.15) is 6.92 Å². The standard InChI is InChI=1S/C15H28O12.C2H6O2/c1-5(25-15-13(23)11(21)9(19)7(3-17)27-15)4-24-14-12(22)10(20)8(18)6(2-16)26-14;3-1-2-4/h5-23H,2-4H2,1H3;3-4H,1-2H2/t5?,6-,7-,8-,9-,10+,11+,12-,13-,14?,15?;/m1./s1. The molecule has 3 unspecified atom stereocenters. The molecule has 2 saturated heterocycles. The van der Waals surface area contributed by atoms with Gasteiger partial charge in [-0.25, -0.2) is 0 Å². The van der Waals surface area contributed by atoms with Gasteiger partial charge in [-0.2, -0.15) is 0 Å². The van der Waals surface area contributed by atoms with E-state index in [4.69, 9.17) is 39.4 Å². The Labute approximate surface area is 178 Å². The van der Waals surface area contributed by atoms with Crippen molar-refractivity contribution in [1.82, 2.24) is 0 Å². The molecular weight excluding hydrogens is 428 g/mol. The minimum Gasteiger partial charge on any atom is -0.394 e. The third-order valence-electron chi connectivity index (χ3n) is 4.66. The molecular formula is C17H34O14. The van der Waals surface area contributed by atoms with Gasteiger partial charge >= 0.3 is 0 Å². The van der Waals surface area contributed by atoms with Crippen LogP contribution in [0.25, 0.3) is 0 Å². The highest BCUT2D eigenvalue weighted by Crippen LogP contribution is 2.24. The van der Waals surface area contributed by atoms with E-state index in [9.17, 15) is 30.6 Å². The van der Waals surface area contributed by atoms with E-state index in [1.54, 1.807) is 0 Å². The predicted molar refractivity (Wildman–Crippen MR) is 98.2 cm³/mol. The molecule has 2 fully saturated rings. The summed E-state index contributed by atoms with van der Waals surface area (Å²) in [6.45, 7) is -0.133. The van der Waals surface area contributed by atoms with Gasteiger partial charge in [-0.3, -0.25) is 0 Å². The van der Waals surface area contributed by atoms with E-state index >= 15 is 0 Å². The zero-order valence-corrected chi connectivity index (χ0v) is 17.0. The van der Waals surface area contributed by atoms with Gasteiger partial charge < -0.3 is 70.0 Å². The van der Waals surface area contributed by atoms with Crippen molar-refractivity contribution in [2.24, 2.45) is 0 Å². The molecule has 0 saturated carbocycles. The molecule has 2 aliphatic heterocycles. The summed E-state index contributed by atoms with van der Waals surface area (Å²) in [4.78, 5) is 0. The zero-order chi connectivity index (χ0) is 23.7. The van der Waals surface area contributed by atoms with Gasteiger partial charge in [0.1, 0.15) is 48.8 Å². The number of aliphatic hydroxyl groups is 10. The molecule has 0 spiro atoms. The lowest BCUT2D eigenvalue weighted by Crippen LogP contribution is -2.60. The fourth-order valence-corrected chi connectivity index (χ4v) is 2.88. The molecule has 14 heteroatoms. The largest absolute Gasteiger partial charge is 0.394 e. The minimum absolute atomic E-state index is 0.125. The van der Waals surface area contributed by atoms with E-state index in [0.717, 1.165) is 0 Å². The number of hydrogen-bond donors (Lipinski definition) is 10. The molecule has 2 rings (SSSR count). The predicted octanol–water partition coefficient (Wildman–Crippen LogP) is -6.02. The van der Waals surface area contributed by atoms with E-state index in [0.29, 0.717) is 0 Å². The lowest BCUT2D eigenvalue weighted by Gasteiger charge is -2.41. The highest BCUT2D eigenvalue weighted by atomic mass is 16.7. The first kappa shape index (κ1) is 28.5. The van der Waals surface area contributed by atoms with Crippen molar-refractivity contribution in [2.45, 2.75) is 74.4 Å². The Bertz CT molecular complexity index is 478. The van der Waals surface area contributed by atoms with E-state index in [1.807, 2.05) is 0 Å². The monoisotopic (exact) mass is 462 g/mol. The quantitative estimate of drug-likeness (QED) is 0.162. The molecule has 10 N–H and O–H groups in total. The topological polar surface area (TPSA) is 239 Å². The zero-order valence-electron chi connectivity index (χ0n) is 17.0. The summed E-state index contributed by atoms with van der Waals surface area (Å²) in [6, 6.07) is 0. The Balaban J connectivity index is 0.00000110. The van der Waals surface area contributed by atoms with Gasteiger partial charge in [0, 0.05) is 0 Å². The first-order chi connectivity index (χ1) is 14.6. The molecule has 0 aliphatic carbocycles. The van der Waals surface area contributed by atoms with Gasteiger partial charge in [0.25, 0.3) is 0 Å². The van der Waals surface area contributed by atoms with E-state index < -0.39 is 80.7 Å². The summed E-state index contributed by atoms with van der Waals surface area (Å²) in [5, 5.41) is 92.2. The van der Waals surface area contributed by atoms with Crippen molar-refractivity contribution < 1.29 is 70.0 Å². The van der Waals surface area contributed by atoms with Crippen molar-refractivity contribution in [2.75, 3.05) is 33.0 Å². The van der Waals surface area contributed by atoms with E-state index in [-0.39, 0.29) is 19.8 Å². The molecule has 31 heavy (non-hydrogen) atoms. The minimum atomic E-state index is -1.58. The fourth-order valence-electron chi connectivity index (χ4n) is 2.88. The second-order valence-corrected chi connectivity index (χ2v) is 7.12. The number of aliphatic hydroxyl groups excluding tert-OH is 10. The van der Waals surface area contributed by atoms with Gasteiger partial charge in [-0.05, 0) is 6.92 Å². The molecule has 2 heterocycles. The molecule has 186 valence electrons. The van der Waals surface area contributed by atoms with Crippen molar-refractivity contribution in [3.05, 3.63) is 0 Å². The summed E-state index contributed by atoms with van der Waals surface area (Å²) in [6.07, 6.45) is -15.0. The van der Waals surface area contributed by atoms with Crippen LogP contribution < -0.4 is 0 Å². The Morgan fingerprint density at radius 2 is 1.06 bits per heavy atom. The summed E-state index contributed by atoms with van der Waals surface area (Å²) in [5.74, 6) is 0. The molecule has 11 atom stereocenters. The number of hydrogen-bond acceptors (Lipinski definition) is 14. The number of ether oxygens (including phenoxy) is 4. The third kappa shape index (κ3) is 7.76. The molecule has 0 amide bonds. The molecule has 14 nitrogen and oxygen atoms in total. The first-order valence-electron chi connectivity index (χ1n) is 9.72. The molecule has 0 bridgehead atoms. The van der Waals surface area contributed by atoms with Crippen LogP contribution in [0.2, 0.25) is 0 Å². The van der Waals surface area contributed by atoms with Crippen LogP contribution in [0.4, 0.5) is 0 Å². The van der Waals surface area contributed by atoms with Crippen LogP contribution in [-0.4, -0.2) is 152 Å². The fraction of sp³-hybridized carbons (Fsp3) is 1.00. The Hall–Kier alpha value is -0.560. The Morgan fingerprint density at radius 3 is 1.48 bits per heavy atom. The van der Waals surface area contributed by atoms with Gasteiger partial charge in [-0.15, -0.1) is 0 Å². The van der Waals surface area contributed by atoms with Crippen molar-refractivity contribution in [3.8, 4) is 0 Å². The van der Waals surface area contributed by atoms with Gasteiger partial charge in [0.2, 0.25) is 0 Å². The third-order valence-corrected chi connectivity index (χ3v) is 4.66. The molecule has 0 radical (unpaired) electrons. The van der Waals surface area contributed by atoms with Gasteiger partial charge in [-0.1, -0.05) is 0 Å². The summed E-state index contributed by atoms with van der Waals surface area (Å²) in [7, 11) is 0. The van der Waals surface area contributed by atoms with Crippen molar-refractivity contribution in [3.63, 3.8) is 0 Å². The van der Waals surface area contributed by atoms with Crippen LogP contribution in [0.5, 0.6) is 0 Å². The lowest BCUT2D eigenvalue weighted by atomic mass is 9.99. The molecule has 0 aromatic rings. The second kappa shape index (κ2) is 13.9. The molecule has 0 aromatic carbocycles. The summed E-state index contributed by atoms with van der Waals surface area (Å²) in [5.41, 5.74) is 0. The second-order valence-electron chi connectivity index (χ2n) is 7.12. The highest BCUT2D eigenvalue weighted by molar-refractivity contribution is 4.90. The van der Waals surface area contributed by atoms with Crippen LogP contribution in [-0.2, 0) is 18.9 Å². The maximum absolute atomic E-state index is 9.92. The summed E-state index contributed by atoms with van der Waals surface area (Å²) >= 11 is 0. The van der Waals surface area contributed by atoms with Crippen LogP contribution >= 0.6 is 0 Å². The van der Waals surface area contributed by atoms with E-state index in [1.165, 1.54) is 6.92 Å². The molecule has 0 aromatic heterocycles. The summed E-state index contributed by atoms with van der Waals surface area (Å²) < 4.78 is 21.1. The van der Waals surface area contributed by atoms with Crippen molar-refractivity contribution in [1.29, 1.82) is 0 Å². The van der Waals surface area contributed by atoms with E-state index in [2.05, 4.69) is 0 Å². The normalized spacial score (nSPS) is 41.9. The van der Waals surface area contributed by atoms with Crippen molar-refractivity contribution >= 4 is 0 Å². The highest BCUT2D eigenvalue weighted by Gasteiger charge is 2.46. The van der Waals surface area contributed by atoms with Crippen LogP contribution in [0.15, 0.2) is 0 Å².